The lowest BCUT2D eigenvalue weighted by atomic mass is 10.2. The molecule has 1 aromatic rings. The molecule has 0 heterocycles. The summed E-state index contributed by atoms with van der Waals surface area (Å²) in [5.74, 6) is -0.282. The maximum Gasteiger partial charge on any atom is 0.321 e. The summed E-state index contributed by atoms with van der Waals surface area (Å²) < 4.78 is 5.17. The monoisotopic (exact) mass is 264 g/mol. The van der Waals surface area contributed by atoms with Crippen molar-refractivity contribution in [2.75, 3.05) is 6.61 Å². The van der Waals surface area contributed by atoms with Crippen LogP contribution in [0.3, 0.4) is 0 Å². The summed E-state index contributed by atoms with van der Waals surface area (Å²) in [6.45, 7) is 3.22. The molecule has 1 aromatic carbocycles. The highest BCUT2D eigenvalue weighted by Gasteiger charge is 2.10. The Balaban J connectivity index is 2.46. The minimum absolute atomic E-state index is 0.0653. The molecule has 0 atom stereocenters. The number of hydrogen-bond donors (Lipinski definition) is 2. The highest BCUT2D eigenvalue weighted by Crippen LogP contribution is 2.15. The summed E-state index contributed by atoms with van der Waals surface area (Å²) in [5, 5.41) is 4.63. The molecule has 0 spiro atoms. The van der Waals surface area contributed by atoms with Gasteiger partial charge in [0.05, 0.1) is 5.56 Å². The Kier molecular flexibility index (Phi) is 5.53. The smallest absolute Gasteiger partial charge is 0.321 e. The molecule has 1 rings (SSSR count). The molecular formula is C13H16N2O4. The molecule has 0 radical (unpaired) electrons. The van der Waals surface area contributed by atoms with Gasteiger partial charge in [0.1, 0.15) is 5.75 Å². The number of benzene rings is 1. The van der Waals surface area contributed by atoms with Crippen LogP contribution in [0.4, 0.5) is 4.79 Å². The van der Waals surface area contributed by atoms with E-state index in [4.69, 9.17) is 4.74 Å². The van der Waals surface area contributed by atoms with Gasteiger partial charge in [-0.3, -0.25) is 14.9 Å². The molecule has 2 N–H and O–H groups in total. The van der Waals surface area contributed by atoms with Crippen LogP contribution in [0.1, 0.15) is 24.2 Å². The van der Waals surface area contributed by atoms with Crippen molar-refractivity contribution in [3.05, 3.63) is 29.8 Å². The van der Waals surface area contributed by atoms with E-state index in [0.717, 1.165) is 0 Å². The Morgan fingerprint density at radius 3 is 2.63 bits per heavy atom. The van der Waals surface area contributed by atoms with Crippen LogP contribution in [-0.2, 0) is 4.79 Å². The minimum atomic E-state index is -0.584. The lowest BCUT2D eigenvalue weighted by Gasteiger charge is -2.10. The van der Waals surface area contributed by atoms with E-state index in [1.165, 1.54) is 0 Å². The van der Waals surface area contributed by atoms with E-state index < -0.39 is 11.9 Å². The zero-order chi connectivity index (χ0) is 14.3. The van der Waals surface area contributed by atoms with E-state index in [2.05, 4.69) is 10.6 Å². The van der Waals surface area contributed by atoms with Crippen molar-refractivity contribution in [3.63, 3.8) is 0 Å². The van der Waals surface area contributed by atoms with Gasteiger partial charge in [-0.15, -0.1) is 0 Å². The van der Waals surface area contributed by atoms with Gasteiger partial charge in [-0.1, -0.05) is 12.1 Å². The number of rotatable bonds is 5. The second-order valence-electron chi connectivity index (χ2n) is 4.12. The Morgan fingerprint density at radius 2 is 2.00 bits per heavy atom. The first-order chi connectivity index (χ1) is 9.02. The highest BCUT2D eigenvalue weighted by atomic mass is 16.5. The van der Waals surface area contributed by atoms with Gasteiger partial charge in [-0.05, 0) is 26.0 Å². The fourth-order valence-corrected chi connectivity index (χ4v) is 1.31. The molecule has 19 heavy (non-hydrogen) atoms. The third-order valence-electron chi connectivity index (χ3n) is 2.08. The third-order valence-corrected chi connectivity index (χ3v) is 2.08. The molecule has 0 saturated heterocycles. The summed E-state index contributed by atoms with van der Waals surface area (Å²) in [6.07, 6.45) is 0.638. The SMILES string of the molecule is CC(C)NC(=O)NC(=O)COc1ccccc1C=O. The van der Waals surface area contributed by atoms with Crippen LogP contribution in [0, 0.1) is 0 Å². The summed E-state index contributed by atoms with van der Waals surface area (Å²) in [4.78, 5) is 33.4. The van der Waals surface area contributed by atoms with Gasteiger partial charge in [-0.25, -0.2) is 4.79 Å². The maximum atomic E-state index is 11.4. The van der Waals surface area contributed by atoms with Gasteiger partial charge >= 0.3 is 6.03 Å². The molecule has 0 saturated carbocycles. The van der Waals surface area contributed by atoms with Gasteiger partial charge < -0.3 is 10.1 Å². The number of urea groups is 1. The standard InChI is InChI=1S/C13H16N2O4/c1-9(2)14-13(18)15-12(17)8-19-11-6-4-3-5-10(11)7-16/h3-7,9H,8H2,1-2H3,(H2,14,15,17,18). The molecule has 0 aliphatic carbocycles. The zero-order valence-electron chi connectivity index (χ0n) is 10.8. The van der Waals surface area contributed by atoms with Crippen LogP contribution < -0.4 is 15.4 Å². The average molecular weight is 264 g/mol. The lowest BCUT2D eigenvalue weighted by Crippen LogP contribution is -2.44. The van der Waals surface area contributed by atoms with E-state index in [1.54, 1.807) is 38.1 Å². The predicted octanol–water partition coefficient (Wildman–Crippen LogP) is 1.11. The fraction of sp³-hybridized carbons (Fsp3) is 0.308. The van der Waals surface area contributed by atoms with E-state index in [9.17, 15) is 14.4 Å². The Hall–Kier alpha value is -2.37. The second-order valence-corrected chi connectivity index (χ2v) is 4.12. The second kappa shape index (κ2) is 7.15. The first-order valence-electron chi connectivity index (χ1n) is 5.80. The summed E-state index contributed by atoms with van der Waals surface area (Å²) in [7, 11) is 0. The number of ether oxygens (including phenoxy) is 1. The molecule has 0 aliphatic heterocycles. The number of para-hydroxylation sites is 1. The number of amides is 3. The van der Waals surface area contributed by atoms with E-state index >= 15 is 0 Å². The van der Waals surface area contributed by atoms with Crippen LogP contribution in [0.2, 0.25) is 0 Å². The molecule has 6 heteroatoms. The molecule has 3 amide bonds. The number of carbonyl (C=O) groups is 3. The molecule has 0 aliphatic rings. The molecule has 0 fully saturated rings. The van der Waals surface area contributed by atoms with E-state index in [1.807, 2.05) is 0 Å². The topological polar surface area (TPSA) is 84.5 Å². The number of imide groups is 1. The first kappa shape index (κ1) is 14.7. The fourth-order valence-electron chi connectivity index (χ4n) is 1.31. The quantitative estimate of drug-likeness (QED) is 0.780. The molecular weight excluding hydrogens is 248 g/mol. The normalized spacial score (nSPS) is 9.84. The van der Waals surface area contributed by atoms with E-state index in [-0.39, 0.29) is 12.6 Å². The predicted molar refractivity (Wildman–Crippen MR) is 69.1 cm³/mol. The highest BCUT2D eigenvalue weighted by molar-refractivity contribution is 5.95. The maximum absolute atomic E-state index is 11.4. The number of nitrogens with one attached hydrogen (secondary N) is 2. The Labute approximate surface area is 111 Å². The van der Waals surface area contributed by atoms with Crippen LogP contribution in [0.15, 0.2) is 24.3 Å². The van der Waals surface area contributed by atoms with Gasteiger partial charge in [0.2, 0.25) is 0 Å². The van der Waals surface area contributed by atoms with Crippen molar-refractivity contribution in [1.82, 2.24) is 10.6 Å². The summed E-state index contributed by atoms with van der Waals surface area (Å²) in [5.41, 5.74) is 0.349. The van der Waals surface area contributed by atoms with Crippen molar-refractivity contribution >= 4 is 18.2 Å². The van der Waals surface area contributed by atoms with Crippen LogP contribution in [0.5, 0.6) is 5.75 Å². The average Bonchev–Trinajstić information content (AvgIpc) is 2.35. The summed E-state index contributed by atoms with van der Waals surface area (Å²) in [6, 6.07) is 5.88. The van der Waals surface area contributed by atoms with Gasteiger partial charge in [-0.2, -0.15) is 0 Å². The van der Waals surface area contributed by atoms with Crippen LogP contribution >= 0.6 is 0 Å². The van der Waals surface area contributed by atoms with Crippen molar-refractivity contribution in [3.8, 4) is 5.75 Å². The van der Waals surface area contributed by atoms with Gasteiger partial charge in [0, 0.05) is 6.04 Å². The Bertz CT molecular complexity index is 471. The van der Waals surface area contributed by atoms with Gasteiger partial charge in [0.15, 0.2) is 12.9 Å². The molecule has 102 valence electrons. The zero-order valence-corrected chi connectivity index (χ0v) is 10.8. The summed E-state index contributed by atoms with van der Waals surface area (Å²) >= 11 is 0. The van der Waals surface area contributed by atoms with E-state index in [0.29, 0.717) is 17.6 Å². The van der Waals surface area contributed by atoms with Crippen LogP contribution in [0.25, 0.3) is 0 Å². The molecule has 0 aromatic heterocycles. The molecule has 0 bridgehead atoms. The number of hydrogen-bond acceptors (Lipinski definition) is 4. The third kappa shape index (κ3) is 5.20. The van der Waals surface area contributed by atoms with Crippen LogP contribution in [-0.4, -0.2) is 30.9 Å². The van der Waals surface area contributed by atoms with Gasteiger partial charge in [0.25, 0.3) is 5.91 Å². The number of aldehydes is 1. The Morgan fingerprint density at radius 1 is 1.32 bits per heavy atom. The molecule has 0 unspecified atom stereocenters. The number of carbonyl (C=O) groups excluding carboxylic acids is 3. The first-order valence-corrected chi connectivity index (χ1v) is 5.80. The van der Waals surface area contributed by atoms with Crippen molar-refractivity contribution in [2.24, 2.45) is 0 Å². The van der Waals surface area contributed by atoms with Crippen molar-refractivity contribution in [2.45, 2.75) is 19.9 Å². The van der Waals surface area contributed by atoms with Crippen molar-refractivity contribution < 1.29 is 19.1 Å². The minimum Gasteiger partial charge on any atom is -0.483 e. The van der Waals surface area contributed by atoms with Crippen molar-refractivity contribution in [1.29, 1.82) is 0 Å². The molecule has 6 nitrogen and oxygen atoms in total. The largest absolute Gasteiger partial charge is 0.483 e. The lowest BCUT2D eigenvalue weighted by molar-refractivity contribution is -0.122.